The van der Waals surface area contributed by atoms with Crippen LogP contribution in [0.3, 0.4) is 0 Å². The number of rotatable bonds is 4. The van der Waals surface area contributed by atoms with Gasteiger partial charge in [0.25, 0.3) is 5.91 Å². The van der Waals surface area contributed by atoms with E-state index >= 15 is 0 Å². The van der Waals surface area contributed by atoms with E-state index in [9.17, 15) is 22.8 Å². The minimum atomic E-state index is -4.56. The van der Waals surface area contributed by atoms with E-state index in [-0.39, 0.29) is 11.6 Å². The summed E-state index contributed by atoms with van der Waals surface area (Å²) in [7, 11) is 1.34. The van der Waals surface area contributed by atoms with E-state index in [2.05, 4.69) is 14.9 Å². The monoisotopic (exact) mass is 630 g/mol. The number of hydrogen-bond acceptors (Lipinski definition) is 8. The second-order valence-corrected chi connectivity index (χ2v) is 12.9. The van der Waals surface area contributed by atoms with Crippen molar-refractivity contribution in [3.8, 4) is 0 Å². The highest BCUT2D eigenvalue weighted by Gasteiger charge is 2.42. The van der Waals surface area contributed by atoms with Crippen LogP contribution in [0, 0.1) is 13.8 Å². The smallest absolute Gasteiger partial charge is 0.417 e. The average molecular weight is 631 g/mol. The van der Waals surface area contributed by atoms with Gasteiger partial charge in [-0.2, -0.15) is 13.2 Å². The predicted octanol–water partition coefficient (Wildman–Crippen LogP) is 6.12. The number of hydrogen-bond donors (Lipinski definition) is 0. The number of aromatic nitrogens is 3. The number of pyridine rings is 1. The Bertz CT molecular complexity index is 1640. The van der Waals surface area contributed by atoms with Crippen LogP contribution in [0.5, 0.6) is 0 Å². The van der Waals surface area contributed by atoms with Crippen molar-refractivity contribution >= 4 is 40.8 Å². The maximum Gasteiger partial charge on any atom is 0.417 e. The van der Waals surface area contributed by atoms with Gasteiger partial charge in [0.1, 0.15) is 11.5 Å². The molecule has 0 N–H and O–H groups in total. The van der Waals surface area contributed by atoms with Crippen molar-refractivity contribution < 1.29 is 27.5 Å². The molecule has 234 valence electrons. The number of halogens is 4. The Morgan fingerprint density at radius 2 is 1.73 bits per heavy atom. The van der Waals surface area contributed by atoms with Gasteiger partial charge >= 0.3 is 12.1 Å². The molecule has 0 unspecified atom stereocenters. The number of amides is 1. The number of alkyl halides is 3. The Hall–Kier alpha value is -3.93. The summed E-state index contributed by atoms with van der Waals surface area (Å²) in [5, 5.41) is -0.401. The molecule has 2 aromatic heterocycles. The molecule has 0 spiro atoms. The van der Waals surface area contributed by atoms with Crippen LogP contribution in [0.15, 0.2) is 30.5 Å². The van der Waals surface area contributed by atoms with Crippen molar-refractivity contribution in [1.29, 1.82) is 0 Å². The van der Waals surface area contributed by atoms with Crippen LogP contribution >= 0.6 is 11.6 Å². The first kappa shape index (κ1) is 31.5. The Morgan fingerprint density at radius 3 is 2.32 bits per heavy atom. The molecule has 5 rings (SSSR count). The zero-order valence-electron chi connectivity index (χ0n) is 25.6. The Balaban J connectivity index is 1.38. The van der Waals surface area contributed by atoms with Crippen LogP contribution in [-0.2, 0) is 16.3 Å². The largest absolute Gasteiger partial charge is 0.465 e. The number of methoxy groups -OCH3 is 1. The molecule has 9 nitrogen and oxygen atoms in total. The van der Waals surface area contributed by atoms with Gasteiger partial charge in [0, 0.05) is 37.3 Å². The third kappa shape index (κ3) is 5.55. The fraction of sp³-hybridized carbons (Fsp3) is 0.452. The van der Waals surface area contributed by atoms with Crippen LogP contribution in [-0.4, -0.2) is 70.6 Å². The molecule has 1 fully saturated rings. The standard InChI is InChI=1S/C31H34ClF3N6O3/c1-17-12-23(37-18(2)24(17)28(43)44-7)39-10-11-41(30(5,6)16-39)27(42)22-14-36-26-25(38-22)29(3,4)15-40(26)19-8-9-20(21(32)13-19)31(33,34)35/h8-9,12-14H,10-11,15-16H2,1-7H3. The lowest BCUT2D eigenvalue weighted by atomic mass is 9.92. The van der Waals surface area contributed by atoms with Crippen LogP contribution < -0.4 is 9.80 Å². The molecule has 0 bridgehead atoms. The van der Waals surface area contributed by atoms with Crippen LogP contribution in [0.2, 0.25) is 5.02 Å². The highest BCUT2D eigenvalue weighted by Crippen LogP contribution is 2.44. The predicted molar refractivity (Wildman–Crippen MR) is 161 cm³/mol. The topological polar surface area (TPSA) is 91.8 Å². The molecule has 3 aromatic rings. The van der Waals surface area contributed by atoms with Gasteiger partial charge in [-0.15, -0.1) is 0 Å². The first-order valence-corrected chi connectivity index (χ1v) is 14.5. The van der Waals surface area contributed by atoms with Crippen molar-refractivity contribution in [3.63, 3.8) is 0 Å². The molecule has 4 heterocycles. The lowest BCUT2D eigenvalue weighted by Gasteiger charge is -2.47. The van der Waals surface area contributed by atoms with Crippen molar-refractivity contribution in [2.24, 2.45) is 0 Å². The van der Waals surface area contributed by atoms with Gasteiger partial charge in [-0.1, -0.05) is 25.4 Å². The summed E-state index contributed by atoms with van der Waals surface area (Å²) in [6, 6.07) is 5.46. The normalized spacial score (nSPS) is 17.5. The Morgan fingerprint density at radius 1 is 1.02 bits per heavy atom. The summed E-state index contributed by atoms with van der Waals surface area (Å²) in [6.07, 6.45) is -3.14. The summed E-state index contributed by atoms with van der Waals surface area (Å²) in [6.45, 7) is 13.3. The third-order valence-electron chi connectivity index (χ3n) is 8.24. The SMILES string of the molecule is COC(=O)c1c(C)cc(N2CCN(C(=O)c3cnc4c(n3)C(C)(C)CN4c3ccc(C(F)(F)F)c(Cl)c3)C(C)(C)C2)nc1C. The molecular formula is C31H34ClF3N6O3. The molecular weight excluding hydrogens is 597 g/mol. The van der Waals surface area contributed by atoms with E-state index in [4.69, 9.17) is 21.3 Å². The summed E-state index contributed by atoms with van der Waals surface area (Å²) < 4.78 is 44.7. The number of carbonyl (C=O) groups is 2. The van der Waals surface area contributed by atoms with Gasteiger partial charge in [0.05, 0.1) is 46.4 Å². The van der Waals surface area contributed by atoms with E-state index < -0.39 is 33.7 Å². The molecule has 2 aliphatic rings. The minimum Gasteiger partial charge on any atom is -0.465 e. The van der Waals surface area contributed by atoms with Gasteiger partial charge < -0.3 is 19.4 Å². The molecule has 0 aliphatic carbocycles. The number of aryl methyl sites for hydroxylation is 2. The third-order valence-corrected chi connectivity index (χ3v) is 8.55. The molecule has 1 saturated heterocycles. The van der Waals surface area contributed by atoms with E-state index in [1.54, 1.807) is 16.7 Å². The highest BCUT2D eigenvalue weighted by molar-refractivity contribution is 6.31. The van der Waals surface area contributed by atoms with Gasteiger partial charge in [-0.05, 0) is 57.5 Å². The van der Waals surface area contributed by atoms with Crippen molar-refractivity contribution in [1.82, 2.24) is 19.9 Å². The molecule has 0 radical (unpaired) electrons. The summed E-state index contributed by atoms with van der Waals surface area (Å²) >= 11 is 6.00. The fourth-order valence-electron chi connectivity index (χ4n) is 6.05. The van der Waals surface area contributed by atoms with Crippen LogP contribution in [0.1, 0.15) is 71.1 Å². The summed E-state index contributed by atoms with van der Waals surface area (Å²) in [5.41, 5.74) is 0.969. The summed E-state index contributed by atoms with van der Waals surface area (Å²) in [5.74, 6) is 0.492. The molecule has 13 heteroatoms. The van der Waals surface area contributed by atoms with E-state index in [1.165, 1.54) is 25.4 Å². The molecule has 1 aromatic carbocycles. The molecule has 2 aliphatic heterocycles. The van der Waals surface area contributed by atoms with E-state index in [0.29, 0.717) is 54.6 Å². The number of esters is 1. The zero-order chi connectivity index (χ0) is 32.4. The van der Waals surface area contributed by atoms with Gasteiger partial charge in [-0.3, -0.25) is 4.79 Å². The maximum absolute atomic E-state index is 13.9. The molecule has 0 atom stereocenters. The maximum atomic E-state index is 13.9. The molecule has 1 amide bonds. The average Bonchev–Trinajstić information content (AvgIpc) is 3.20. The van der Waals surface area contributed by atoms with Gasteiger partial charge in [-0.25, -0.2) is 19.7 Å². The number of ether oxygens (including phenoxy) is 1. The van der Waals surface area contributed by atoms with Crippen molar-refractivity contribution in [2.75, 3.05) is 43.1 Å². The zero-order valence-corrected chi connectivity index (χ0v) is 26.4. The number of benzene rings is 1. The minimum absolute atomic E-state index is 0.192. The lowest BCUT2D eigenvalue weighted by Crippen LogP contribution is -2.61. The summed E-state index contributed by atoms with van der Waals surface area (Å²) in [4.78, 5) is 45.7. The fourth-order valence-corrected chi connectivity index (χ4v) is 6.33. The Kier molecular flexibility index (Phi) is 7.80. The van der Waals surface area contributed by atoms with Gasteiger partial charge in [0.2, 0.25) is 0 Å². The second kappa shape index (κ2) is 10.9. The first-order valence-electron chi connectivity index (χ1n) is 14.1. The number of nitrogens with zero attached hydrogens (tertiary/aromatic N) is 6. The van der Waals surface area contributed by atoms with E-state index in [1.807, 2.05) is 40.7 Å². The second-order valence-electron chi connectivity index (χ2n) is 12.5. The van der Waals surface area contributed by atoms with Crippen molar-refractivity contribution in [3.05, 3.63) is 69.3 Å². The van der Waals surface area contributed by atoms with Crippen LogP contribution in [0.4, 0.5) is 30.5 Å². The molecule has 0 saturated carbocycles. The van der Waals surface area contributed by atoms with Crippen molar-refractivity contribution in [2.45, 2.75) is 58.7 Å². The number of fused-ring (bicyclic) bond motifs is 1. The molecule has 44 heavy (non-hydrogen) atoms. The lowest BCUT2D eigenvalue weighted by molar-refractivity contribution is -0.137. The number of piperazine rings is 1. The Labute approximate surface area is 259 Å². The van der Waals surface area contributed by atoms with E-state index in [0.717, 1.165) is 17.4 Å². The quantitative estimate of drug-likeness (QED) is 0.319. The number of carbonyl (C=O) groups excluding carboxylic acids is 2. The van der Waals surface area contributed by atoms with Crippen LogP contribution in [0.25, 0.3) is 0 Å². The highest BCUT2D eigenvalue weighted by atomic mass is 35.5. The van der Waals surface area contributed by atoms with Gasteiger partial charge in [0.15, 0.2) is 5.82 Å². The first-order chi connectivity index (χ1) is 20.4. The number of anilines is 3.